The molecule has 12 unspecified atom stereocenters. The zero-order valence-electron chi connectivity index (χ0n) is 44.4. The number of aliphatic hydroxyl groups is 15. The molecule has 30 atom stereocenters. The van der Waals surface area contributed by atoms with Gasteiger partial charge in [0, 0.05) is 26.0 Å². The Morgan fingerprint density at radius 1 is 0.425 bits per heavy atom. The van der Waals surface area contributed by atoms with Crippen LogP contribution in [0.1, 0.15) is 72.6 Å². The van der Waals surface area contributed by atoms with E-state index in [9.17, 15) is 96.1 Å². The molecule has 464 valence electrons. The second kappa shape index (κ2) is 30.1. The third-order valence-electron chi connectivity index (χ3n) is 14.8. The molecule has 0 saturated carbocycles. The predicted octanol–water partition coefficient (Wildman–Crippen LogP) is -8.47. The number of rotatable bonds is 25. The number of nitrogens with one attached hydrogen (secondary N) is 1. The van der Waals surface area contributed by atoms with Gasteiger partial charge in [-0.1, -0.05) is 0 Å². The Kier molecular flexibility index (Phi) is 25.0. The molecule has 6 aliphatic heterocycles. The summed E-state index contributed by atoms with van der Waals surface area (Å²) in [7, 11) is 0. The molecule has 6 fully saturated rings. The van der Waals surface area contributed by atoms with Crippen molar-refractivity contribution >= 4 is 17.7 Å². The Bertz CT molecular complexity index is 1930. The Morgan fingerprint density at radius 3 is 1.55 bits per heavy atom. The van der Waals surface area contributed by atoms with E-state index in [2.05, 4.69) is 5.32 Å². The summed E-state index contributed by atoms with van der Waals surface area (Å²) < 4.78 is 69.6. The first-order valence-corrected chi connectivity index (χ1v) is 26.7. The molecule has 32 nitrogen and oxygen atoms in total. The molecule has 0 spiro atoms. The van der Waals surface area contributed by atoms with Crippen LogP contribution in [0.4, 0.5) is 0 Å². The first kappa shape index (κ1) is 66.7. The van der Waals surface area contributed by atoms with E-state index in [-0.39, 0.29) is 24.7 Å². The Hall–Kier alpha value is -2.47. The molecule has 6 rings (SSSR count). The van der Waals surface area contributed by atoms with Gasteiger partial charge >= 0.3 is 5.97 Å². The van der Waals surface area contributed by atoms with Gasteiger partial charge in [0.25, 0.3) is 0 Å². The van der Waals surface area contributed by atoms with Crippen LogP contribution in [-0.4, -0.2) is 310 Å². The number of amides is 1. The van der Waals surface area contributed by atoms with Crippen LogP contribution in [0, 0.1) is 0 Å². The van der Waals surface area contributed by atoms with Gasteiger partial charge < -0.3 is 149 Å². The molecule has 6 heterocycles. The SMILES string of the molecule is CC(=O)CCCCC(=O)NCCCCCO[C@@H]1OC(C)[C@H](O)[C@H](O[C@@H]2OC(C)[C@H](O)[C@H](O[C@@H]3OC(CO)[C@@H](O[C@H]4OC(C)[C@H](O)[C@H](O)C4O)[C@H](O)C3O)C2O[C@H]2OC(CO[C@H]3OC(C(=O)O)[C@@H](O)[C@H](O)C3O)[C@@H](O)[C@H](O)C2O)C1O. The molecule has 6 aliphatic rings. The molecule has 0 aromatic rings. The summed E-state index contributed by atoms with van der Waals surface area (Å²) >= 11 is 0. The summed E-state index contributed by atoms with van der Waals surface area (Å²) in [5.41, 5.74) is 0. The number of carbonyl (C=O) groups excluding carboxylic acids is 2. The lowest BCUT2D eigenvalue weighted by Gasteiger charge is -2.51. The third-order valence-corrected chi connectivity index (χ3v) is 14.8. The first-order chi connectivity index (χ1) is 37.8. The summed E-state index contributed by atoms with van der Waals surface area (Å²) in [6.07, 6.45) is -52.2. The van der Waals surface area contributed by atoms with Crippen molar-refractivity contribution in [3.63, 3.8) is 0 Å². The number of carboxylic acid groups (broad SMARTS) is 1. The van der Waals surface area contributed by atoms with Gasteiger partial charge in [-0.05, 0) is 59.8 Å². The van der Waals surface area contributed by atoms with Crippen molar-refractivity contribution in [1.29, 1.82) is 0 Å². The van der Waals surface area contributed by atoms with Crippen LogP contribution in [0.25, 0.3) is 0 Å². The fourth-order valence-electron chi connectivity index (χ4n) is 9.89. The summed E-state index contributed by atoms with van der Waals surface area (Å²) in [5, 5.41) is 176. The van der Waals surface area contributed by atoms with Gasteiger partial charge in [-0.25, -0.2) is 4.79 Å². The molecular formula is C48H81NO31. The smallest absolute Gasteiger partial charge is 0.335 e. The molecule has 80 heavy (non-hydrogen) atoms. The van der Waals surface area contributed by atoms with Crippen LogP contribution in [0.15, 0.2) is 0 Å². The lowest BCUT2D eigenvalue weighted by Crippen LogP contribution is -2.68. The van der Waals surface area contributed by atoms with Gasteiger partial charge in [0.1, 0.15) is 128 Å². The quantitative estimate of drug-likeness (QED) is 0.0378. The van der Waals surface area contributed by atoms with E-state index in [1.54, 1.807) is 0 Å². The Morgan fingerprint density at radius 2 is 0.912 bits per heavy atom. The van der Waals surface area contributed by atoms with Crippen molar-refractivity contribution < 1.29 is 153 Å². The predicted molar refractivity (Wildman–Crippen MR) is 255 cm³/mol. The topological polar surface area (TPSA) is 498 Å². The van der Waals surface area contributed by atoms with Gasteiger partial charge in [0.2, 0.25) is 5.91 Å². The van der Waals surface area contributed by atoms with E-state index in [4.69, 9.17) is 56.8 Å². The largest absolute Gasteiger partial charge is 0.479 e. The molecular weight excluding hydrogens is 1090 g/mol. The van der Waals surface area contributed by atoms with Crippen molar-refractivity contribution in [2.24, 2.45) is 0 Å². The van der Waals surface area contributed by atoms with Crippen LogP contribution >= 0.6 is 0 Å². The van der Waals surface area contributed by atoms with E-state index in [1.165, 1.54) is 27.7 Å². The molecule has 1 amide bonds. The van der Waals surface area contributed by atoms with Gasteiger partial charge in [-0.15, -0.1) is 0 Å². The number of ketones is 1. The first-order valence-electron chi connectivity index (χ1n) is 26.7. The van der Waals surface area contributed by atoms with E-state index < -0.39 is 203 Å². The molecule has 0 radical (unpaired) electrons. The number of ether oxygens (including phenoxy) is 12. The average Bonchev–Trinajstić information content (AvgIpc) is 3.53. The van der Waals surface area contributed by atoms with Crippen LogP contribution in [0.5, 0.6) is 0 Å². The fourth-order valence-corrected chi connectivity index (χ4v) is 9.89. The van der Waals surface area contributed by atoms with E-state index in [0.29, 0.717) is 45.1 Å². The van der Waals surface area contributed by atoms with Crippen molar-refractivity contribution in [1.82, 2.24) is 5.32 Å². The molecule has 17 N–H and O–H groups in total. The average molecular weight is 1170 g/mol. The summed E-state index contributed by atoms with van der Waals surface area (Å²) in [4.78, 5) is 35.0. The molecule has 6 saturated heterocycles. The highest BCUT2D eigenvalue weighted by molar-refractivity contribution is 5.76. The number of aliphatic hydroxyl groups excluding tert-OH is 15. The molecule has 0 bridgehead atoms. The van der Waals surface area contributed by atoms with E-state index in [0.717, 1.165) is 0 Å². The highest BCUT2D eigenvalue weighted by atomic mass is 16.8. The minimum Gasteiger partial charge on any atom is -0.479 e. The highest BCUT2D eigenvalue weighted by Gasteiger charge is 2.58. The van der Waals surface area contributed by atoms with Crippen LogP contribution in [0.2, 0.25) is 0 Å². The zero-order chi connectivity index (χ0) is 59.0. The van der Waals surface area contributed by atoms with Gasteiger partial charge in [0.05, 0.1) is 31.5 Å². The second-order valence-corrected chi connectivity index (χ2v) is 21.0. The van der Waals surface area contributed by atoms with Crippen LogP contribution in [0.3, 0.4) is 0 Å². The van der Waals surface area contributed by atoms with Gasteiger partial charge in [-0.3, -0.25) is 4.79 Å². The minimum absolute atomic E-state index is 0.0142. The second-order valence-electron chi connectivity index (χ2n) is 21.0. The summed E-state index contributed by atoms with van der Waals surface area (Å²) in [6.45, 7) is 4.06. The number of hydrogen-bond donors (Lipinski definition) is 17. The maximum absolute atomic E-state index is 12.2. The number of hydrogen-bond acceptors (Lipinski definition) is 30. The molecule has 0 aliphatic carbocycles. The number of aliphatic carboxylic acids is 1. The lowest BCUT2D eigenvalue weighted by atomic mass is 9.95. The normalized spacial score (nSPS) is 46.4. The molecule has 0 aromatic heterocycles. The zero-order valence-corrected chi connectivity index (χ0v) is 44.4. The Labute approximate surface area is 458 Å². The highest BCUT2D eigenvalue weighted by Crippen LogP contribution is 2.38. The van der Waals surface area contributed by atoms with Gasteiger partial charge in [0.15, 0.2) is 43.8 Å². The Balaban J connectivity index is 1.20. The maximum Gasteiger partial charge on any atom is 0.335 e. The van der Waals surface area contributed by atoms with Crippen molar-refractivity contribution in [2.45, 2.75) is 257 Å². The summed E-state index contributed by atoms with van der Waals surface area (Å²) in [6, 6.07) is 0. The number of unbranched alkanes of at least 4 members (excludes halogenated alkanes) is 3. The number of carboxylic acids is 1. The number of Topliss-reactive ketones (excluding diaryl/α,β-unsaturated/α-hetero) is 1. The third kappa shape index (κ3) is 16.1. The standard InChI is InChI=1S/C48H81NO31/c1-16(51)10-6-7-11-22(52)49-12-8-5-9-13-69-44-36(66)38(24(54)18(3)71-44)77-48-41(80-46-34(64)28(58)26(56)21(75-46)15-70-43-32(62)29(59)30(60)40(79-43)42(67)68)39(25(55)19(4)73-48)78-47-35(65)31(61)37(20(14-50)74-47)76-45-33(63)27(57)23(53)17(2)72-45/h17-21,23-41,43-48,50,53-66H,5-15H2,1-4H3,(H,49,52)(H,67,68)/t17?,18?,19?,20?,21?,23-,24-,25-,26+,27-,28-,29-,30-,31+,32?,33?,34?,35?,36?,37+,38-,39-,40?,41?,43-,44+,45+,46+,47-,48-/m0/s1. The van der Waals surface area contributed by atoms with Crippen molar-refractivity contribution in [2.75, 3.05) is 26.4 Å². The van der Waals surface area contributed by atoms with E-state index in [1.807, 2.05) is 0 Å². The van der Waals surface area contributed by atoms with Crippen LogP contribution in [-0.2, 0) is 71.2 Å². The summed E-state index contributed by atoms with van der Waals surface area (Å²) in [5.74, 6) is -1.85. The van der Waals surface area contributed by atoms with Gasteiger partial charge in [-0.2, -0.15) is 0 Å². The maximum atomic E-state index is 12.2. The monoisotopic (exact) mass is 1170 g/mol. The molecule has 0 aromatic carbocycles. The minimum atomic E-state index is -2.23. The molecule has 32 heteroatoms. The van der Waals surface area contributed by atoms with Crippen molar-refractivity contribution in [3.05, 3.63) is 0 Å². The van der Waals surface area contributed by atoms with Crippen LogP contribution < -0.4 is 5.32 Å². The lowest BCUT2D eigenvalue weighted by molar-refractivity contribution is -0.408. The number of carbonyl (C=O) groups is 3. The fraction of sp³-hybridized carbons (Fsp3) is 0.938. The van der Waals surface area contributed by atoms with Crippen molar-refractivity contribution in [3.8, 4) is 0 Å². The van der Waals surface area contributed by atoms with E-state index >= 15 is 0 Å².